The van der Waals surface area contributed by atoms with Crippen LogP contribution in [0.4, 0.5) is 0 Å². The quantitative estimate of drug-likeness (QED) is 0.322. The van der Waals surface area contributed by atoms with Crippen LogP contribution in [0.3, 0.4) is 0 Å². The zero-order chi connectivity index (χ0) is 21.5. The number of benzene rings is 2. The van der Waals surface area contributed by atoms with Crippen LogP contribution in [-0.4, -0.2) is 34.6 Å². The van der Waals surface area contributed by atoms with Gasteiger partial charge in [0, 0.05) is 17.7 Å². The summed E-state index contributed by atoms with van der Waals surface area (Å²) in [6.45, 7) is 15.7. The molecule has 1 atom stereocenters. The van der Waals surface area contributed by atoms with Crippen LogP contribution in [-0.2, 0) is 4.74 Å². The normalized spacial score (nSPS) is 14.2. The Labute approximate surface area is 177 Å². The Bertz CT molecular complexity index is 796. The number of hydrogen-bond acceptors (Lipinski definition) is 2. The maximum Gasteiger partial charge on any atom is 0.151 e. The molecule has 0 saturated carbocycles. The lowest BCUT2D eigenvalue weighted by Gasteiger charge is -2.43. The first-order valence-electron chi connectivity index (χ1n) is 10.4. The Morgan fingerprint density at radius 3 is 1.97 bits per heavy atom. The van der Waals surface area contributed by atoms with Gasteiger partial charge in [0.1, 0.15) is 5.84 Å². The van der Waals surface area contributed by atoms with Crippen molar-refractivity contribution < 1.29 is 4.74 Å². The fourth-order valence-corrected chi connectivity index (χ4v) is 3.13. The minimum Gasteiger partial charge on any atom is -0.355 e. The van der Waals surface area contributed by atoms with Crippen molar-refractivity contribution >= 4 is 11.9 Å². The summed E-state index contributed by atoms with van der Waals surface area (Å²) in [6, 6.07) is 20.7. The standard InChI is InChI=1S/C26H36N2O/c1-8-29-23(20-19-21-15-11-9-12-16-21)28(26(5,6)7)24(27-25(2,3)4)22-17-13-10-14-18-22/h9-20,23H,8H2,1-7H3/b20-19+,27-24?/t23-/m1/s1. The second kappa shape index (κ2) is 9.89. The zero-order valence-electron chi connectivity index (χ0n) is 19.0. The number of aliphatic imine (C=N–C) groups is 1. The molecule has 0 aromatic heterocycles. The lowest BCUT2D eigenvalue weighted by atomic mass is 10.0. The lowest BCUT2D eigenvalue weighted by molar-refractivity contribution is -0.0207. The van der Waals surface area contributed by atoms with Gasteiger partial charge in [0.05, 0.1) is 5.54 Å². The van der Waals surface area contributed by atoms with Crippen molar-refractivity contribution in [2.24, 2.45) is 4.99 Å². The highest BCUT2D eigenvalue weighted by atomic mass is 16.5. The fraction of sp³-hybridized carbons (Fsp3) is 0.423. The summed E-state index contributed by atoms with van der Waals surface area (Å²) in [7, 11) is 0. The number of amidine groups is 1. The van der Waals surface area contributed by atoms with Crippen molar-refractivity contribution in [3.63, 3.8) is 0 Å². The molecule has 0 unspecified atom stereocenters. The Morgan fingerprint density at radius 2 is 1.48 bits per heavy atom. The van der Waals surface area contributed by atoms with Crippen LogP contribution >= 0.6 is 0 Å². The molecule has 3 heteroatoms. The monoisotopic (exact) mass is 392 g/mol. The molecule has 0 heterocycles. The van der Waals surface area contributed by atoms with Crippen LogP contribution in [0.1, 0.15) is 59.6 Å². The molecule has 0 N–H and O–H groups in total. The van der Waals surface area contributed by atoms with E-state index in [0.717, 1.165) is 17.0 Å². The first-order valence-corrected chi connectivity index (χ1v) is 10.4. The summed E-state index contributed by atoms with van der Waals surface area (Å²) in [5.41, 5.74) is 1.84. The van der Waals surface area contributed by atoms with E-state index in [9.17, 15) is 0 Å². The van der Waals surface area contributed by atoms with Crippen LogP contribution in [0.25, 0.3) is 6.08 Å². The molecule has 0 fully saturated rings. The van der Waals surface area contributed by atoms with E-state index in [0.29, 0.717) is 6.61 Å². The second-order valence-electron chi connectivity index (χ2n) is 9.13. The minimum atomic E-state index is -0.235. The highest BCUT2D eigenvalue weighted by molar-refractivity contribution is 5.99. The molecule has 2 rings (SSSR count). The first kappa shape index (κ1) is 22.9. The van der Waals surface area contributed by atoms with E-state index in [1.807, 2.05) is 31.2 Å². The largest absolute Gasteiger partial charge is 0.355 e. The molecular weight excluding hydrogens is 356 g/mol. The molecule has 0 radical (unpaired) electrons. The summed E-state index contributed by atoms with van der Waals surface area (Å²) in [4.78, 5) is 7.42. The summed E-state index contributed by atoms with van der Waals surface area (Å²) < 4.78 is 6.23. The summed E-state index contributed by atoms with van der Waals surface area (Å²) in [5.74, 6) is 0.946. The molecule has 156 valence electrons. The molecule has 0 aliphatic heterocycles. The van der Waals surface area contributed by atoms with Crippen molar-refractivity contribution in [3.05, 3.63) is 77.9 Å². The van der Waals surface area contributed by atoms with Crippen LogP contribution in [0.5, 0.6) is 0 Å². The third kappa shape index (κ3) is 7.17. The summed E-state index contributed by atoms with van der Waals surface area (Å²) in [5, 5.41) is 0. The predicted octanol–water partition coefficient (Wildman–Crippen LogP) is 6.41. The third-order valence-electron chi connectivity index (χ3n) is 4.27. The number of hydrogen-bond donors (Lipinski definition) is 0. The first-order chi connectivity index (χ1) is 13.6. The summed E-state index contributed by atoms with van der Waals surface area (Å²) in [6.07, 6.45) is 4.02. The Balaban J connectivity index is 2.57. The highest BCUT2D eigenvalue weighted by Gasteiger charge is 2.32. The van der Waals surface area contributed by atoms with Crippen molar-refractivity contribution in [1.82, 2.24) is 4.90 Å². The van der Waals surface area contributed by atoms with E-state index in [2.05, 4.69) is 95.0 Å². The average Bonchev–Trinajstić information content (AvgIpc) is 2.65. The second-order valence-corrected chi connectivity index (χ2v) is 9.13. The summed E-state index contributed by atoms with van der Waals surface area (Å²) >= 11 is 0. The Hall–Kier alpha value is -2.39. The molecule has 0 spiro atoms. The van der Waals surface area contributed by atoms with E-state index >= 15 is 0 Å². The Kier molecular flexibility index (Phi) is 7.80. The van der Waals surface area contributed by atoms with Gasteiger partial charge in [-0.25, -0.2) is 0 Å². The molecule has 0 bridgehead atoms. The SMILES string of the molecule is CCO[C@H](/C=C/c1ccccc1)N(C(=NC(C)(C)C)c1ccccc1)C(C)(C)C. The van der Waals surface area contributed by atoms with Gasteiger partial charge in [-0.05, 0) is 60.1 Å². The smallest absolute Gasteiger partial charge is 0.151 e. The van der Waals surface area contributed by atoms with Gasteiger partial charge in [-0.1, -0.05) is 66.7 Å². The van der Waals surface area contributed by atoms with Crippen LogP contribution in [0.2, 0.25) is 0 Å². The topological polar surface area (TPSA) is 24.8 Å². The number of rotatable bonds is 6. The molecule has 3 nitrogen and oxygen atoms in total. The average molecular weight is 393 g/mol. The molecular formula is C26H36N2O. The maximum atomic E-state index is 6.23. The van der Waals surface area contributed by atoms with Crippen molar-refractivity contribution in [3.8, 4) is 0 Å². The molecule has 29 heavy (non-hydrogen) atoms. The number of nitrogens with zero attached hydrogens (tertiary/aromatic N) is 2. The maximum absolute atomic E-state index is 6.23. The van der Waals surface area contributed by atoms with Gasteiger partial charge in [-0.2, -0.15) is 0 Å². The Morgan fingerprint density at radius 1 is 0.931 bits per heavy atom. The molecule has 0 saturated heterocycles. The van der Waals surface area contributed by atoms with Crippen LogP contribution in [0.15, 0.2) is 71.7 Å². The highest BCUT2D eigenvalue weighted by Crippen LogP contribution is 2.25. The van der Waals surface area contributed by atoms with Gasteiger partial charge in [0.15, 0.2) is 6.23 Å². The van der Waals surface area contributed by atoms with Gasteiger partial charge in [0.2, 0.25) is 0 Å². The van der Waals surface area contributed by atoms with Crippen molar-refractivity contribution in [2.45, 2.75) is 65.8 Å². The molecule has 2 aromatic carbocycles. The van der Waals surface area contributed by atoms with E-state index in [4.69, 9.17) is 9.73 Å². The lowest BCUT2D eigenvalue weighted by Crippen LogP contribution is -2.53. The molecule has 0 amide bonds. The van der Waals surface area contributed by atoms with E-state index in [1.54, 1.807) is 0 Å². The van der Waals surface area contributed by atoms with E-state index < -0.39 is 0 Å². The minimum absolute atomic E-state index is 0.194. The fourth-order valence-electron chi connectivity index (χ4n) is 3.13. The predicted molar refractivity (Wildman–Crippen MR) is 125 cm³/mol. The third-order valence-corrected chi connectivity index (χ3v) is 4.27. The molecule has 2 aromatic rings. The van der Waals surface area contributed by atoms with Gasteiger partial charge in [-0.15, -0.1) is 0 Å². The van der Waals surface area contributed by atoms with E-state index in [-0.39, 0.29) is 17.3 Å². The van der Waals surface area contributed by atoms with Crippen LogP contribution < -0.4 is 0 Å². The van der Waals surface area contributed by atoms with Gasteiger partial charge in [-0.3, -0.25) is 4.99 Å². The zero-order valence-corrected chi connectivity index (χ0v) is 19.0. The van der Waals surface area contributed by atoms with Gasteiger partial charge < -0.3 is 9.64 Å². The van der Waals surface area contributed by atoms with Gasteiger partial charge >= 0.3 is 0 Å². The van der Waals surface area contributed by atoms with Crippen molar-refractivity contribution in [2.75, 3.05) is 6.61 Å². The van der Waals surface area contributed by atoms with Gasteiger partial charge in [0.25, 0.3) is 0 Å². The van der Waals surface area contributed by atoms with Crippen LogP contribution in [0, 0.1) is 0 Å². The number of ether oxygens (including phenoxy) is 1. The molecule has 0 aliphatic rings. The van der Waals surface area contributed by atoms with E-state index in [1.165, 1.54) is 0 Å². The molecule has 0 aliphatic carbocycles. The van der Waals surface area contributed by atoms with Crippen molar-refractivity contribution in [1.29, 1.82) is 0 Å².